The Hall–Kier alpha value is -1.78. The number of carboxylic acids is 1. The van der Waals surface area contributed by atoms with Gasteiger partial charge in [-0.1, -0.05) is 77.6 Å². The van der Waals surface area contributed by atoms with Gasteiger partial charge in [0.15, 0.2) is 0 Å². The first-order valence-electron chi connectivity index (χ1n) is 21.1. The van der Waals surface area contributed by atoms with Gasteiger partial charge in [-0.15, -0.1) is 11.6 Å². The normalized spacial score (nSPS) is 13.3. The summed E-state index contributed by atoms with van der Waals surface area (Å²) in [6, 6.07) is 26.7. The first-order chi connectivity index (χ1) is 31.5. The van der Waals surface area contributed by atoms with E-state index in [1.807, 2.05) is 84.2 Å². The topological polar surface area (TPSA) is 227 Å². The number of aromatic hydroxyl groups is 1. The Labute approximate surface area is 562 Å². The smallest absolute Gasteiger partial charge is 1.00 e. The zero-order chi connectivity index (χ0) is 48.0. The number of carbonyl (C=O) groups excluding carboxylic acids is 2. The Morgan fingerprint density at radius 2 is 1.24 bits per heavy atom. The number of carboxylic acid groups (broad SMARTS) is 1. The van der Waals surface area contributed by atoms with Gasteiger partial charge in [0, 0.05) is 66.7 Å². The van der Waals surface area contributed by atoms with E-state index in [-0.39, 0.29) is 235 Å². The minimum absolute atomic E-state index is 0. The summed E-state index contributed by atoms with van der Waals surface area (Å²) in [5, 5.41) is 27.1. The summed E-state index contributed by atoms with van der Waals surface area (Å²) in [6.45, 7) is 10.5. The van der Waals surface area contributed by atoms with Gasteiger partial charge in [0.25, 0.3) is 6.47 Å². The number of phenolic OH excluding ortho intramolecular Hbond substituents is 1. The molecule has 0 fully saturated rings. The number of nitrogens with zero attached hydrogens (tertiary/aromatic N) is 4. The fourth-order valence-electron chi connectivity index (χ4n) is 7.55. The number of ether oxygens (including phenoxy) is 4. The van der Waals surface area contributed by atoms with E-state index in [2.05, 4.69) is 54.7 Å². The number of carbonyl (C=O) groups is 3. The molecule has 3 N–H and O–H groups in total. The zero-order valence-electron chi connectivity index (χ0n) is 42.5. The number of fused-ring (bicyclic) bond motifs is 2. The van der Waals surface area contributed by atoms with Crippen molar-refractivity contribution < 1.29 is 228 Å². The predicted octanol–water partition coefficient (Wildman–Crippen LogP) is -0.790. The van der Waals surface area contributed by atoms with Crippen LogP contribution < -0.4 is 187 Å². The van der Waals surface area contributed by atoms with Gasteiger partial charge in [-0.2, -0.15) is 0 Å². The summed E-state index contributed by atoms with van der Waals surface area (Å²) < 4.78 is 25.8. The van der Waals surface area contributed by atoms with Crippen LogP contribution in [0.25, 0.3) is 0 Å². The van der Waals surface area contributed by atoms with Gasteiger partial charge in [-0.05, 0) is 64.7 Å². The van der Waals surface area contributed by atoms with E-state index < -0.39 is 5.97 Å². The summed E-state index contributed by atoms with van der Waals surface area (Å²) in [6.07, 6.45) is 7.24. The van der Waals surface area contributed by atoms with Gasteiger partial charge < -0.3 is 55.3 Å². The van der Waals surface area contributed by atoms with Crippen molar-refractivity contribution in [1.29, 1.82) is 0 Å². The fourth-order valence-corrected chi connectivity index (χ4v) is 7.71. The number of phenols is 1. The molecule has 20 heteroatoms. The van der Waals surface area contributed by atoms with Crippen LogP contribution in [0.2, 0.25) is 0 Å². The zero-order valence-corrected chi connectivity index (χ0v) is 56.9. The van der Waals surface area contributed by atoms with Crippen molar-refractivity contribution in [2.75, 3.05) is 20.3 Å². The number of halogens is 1. The number of aromatic nitrogens is 4. The van der Waals surface area contributed by atoms with Crippen LogP contribution in [0.1, 0.15) is 106 Å². The minimum Gasteiger partial charge on any atom is -1.00 e. The quantitative estimate of drug-likeness (QED) is 0.0361. The van der Waals surface area contributed by atoms with E-state index in [4.69, 9.17) is 40.6 Å². The van der Waals surface area contributed by atoms with Crippen LogP contribution >= 0.6 is 11.6 Å². The van der Waals surface area contributed by atoms with Gasteiger partial charge in [0.2, 0.25) is 0 Å². The maximum Gasteiger partial charge on any atom is 1.00 e. The first kappa shape index (κ1) is 69.2. The Morgan fingerprint density at radius 3 is 1.65 bits per heavy atom. The molecule has 8 rings (SSSR count). The second-order valence-electron chi connectivity index (χ2n) is 17.1. The van der Waals surface area contributed by atoms with Gasteiger partial charge in [-0.3, -0.25) is 14.4 Å². The van der Waals surface area contributed by atoms with Crippen molar-refractivity contribution in [2.45, 2.75) is 83.1 Å². The van der Waals surface area contributed by atoms with Crippen molar-refractivity contribution in [3.8, 4) is 23.0 Å². The summed E-state index contributed by atoms with van der Waals surface area (Å²) in [5.41, 5.74) is 6.71. The molecule has 2 aliphatic rings. The average molecular weight is 1250 g/mol. The van der Waals surface area contributed by atoms with Crippen LogP contribution in [-0.4, -0.2) is 73.5 Å². The Kier molecular flexibility index (Phi) is 32.5. The molecule has 0 bridgehead atoms. The number of aryl methyl sites for hydroxylation is 2. The molecule has 6 aromatic rings. The molecule has 2 atom stereocenters. The number of imidazole rings is 2. The number of methoxy groups -OCH3 is 1. The first-order valence-corrected chi connectivity index (χ1v) is 21.6. The molecular formula is C51H62ClCs2N4NaO12. The number of alkyl halides is 1. The molecule has 0 aliphatic carbocycles. The number of esters is 1. The maximum absolute atomic E-state index is 11.6. The van der Waals surface area contributed by atoms with E-state index in [9.17, 15) is 19.8 Å². The van der Waals surface area contributed by atoms with E-state index in [1.54, 1.807) is 36.7 Å². The molecule has 2 aromatic heterocycles. The summed E-state index contributed by atoms with van der Waals surface area (Å²) in [5.74, 6) is 3.35. The second kappa shape index (κ2) is 33.3. The third kappa shape index (κ3) is 20.0. The molecule has 0 radical (unpaired) electrons. The van der Waals surface area contributed by atoms with E-state index >= 15 is 0 Å². The predicted molar refractivity (Wildman–Crippen MR) is 254 cm³/mol. The van der Waals surface area contributed by atoms with Crippen molar-refractivity contribution in [1.82, 2.24) is 19.1 Å². The van der Waals surface area contributed by atoms with Crippen molar-refractivity contribution in [3.05, 3.63) is 155 Å². The van der Waals surface area contributed by atoms with Crippen molar-refractivity contribution in [2.24, 2.45) is 14.1 Å². The minimum atomic E-state index is -0.855. The number of hydrogen-bond acceptors (Lipinski definition) is 13. The molecule has 0 amide bonds. The molecule has 0 saturated heterocycles. The van der Waals surface area contributed by atoms with Crippen LogP contribution in [-0.2, 0) is 61.4 Å². The number of benzene rings is 4. The molecule has 4 aromatic carbocycles. The van der Waals surface area contributed by atoms with E-state index in [1.165, 1.54) is 23.8 Å². The van der Waals surface area contributed by atoms with Crippen LogP contribution in [0.15, 0.2) is 110 Å². The van der Waals surface area contributed by atoms with Crippen LogP contribution in [0, 0.1) is 0 Å². The SMILES string of the molecule is C.CC1(C)COc2ccc(CCl)cc21.COC(=O)C[C@@H](c1ccc(O)cc1)c1nccn1C.Cn1ccnc1[C@@H](CC(=O)O)c1ccc(OCc2ccc3c(c2)C(C)(C)CO3)cc1.O=CO[O-].[Cs+].[Cs+].[H-].[Na+].[OH-]. The number of rotatable bonds is 13. The second-order valence-corrected chi connectivity index (χ2v) is 17.3. The molecule has 2 aliphatic heterocycles. The van der Waals surface area contributed by atoms with Crippen molar-refractivity contribution >= 4 is 30.0 Å². The van der Waals surface area contributed by atoms with Gasteiger partial charge in [0.05, 0.1) is 45.0 Å². The van der Waals surface area contributed by atoms with Crippen molar-refractivity contribution in [3.63, 3.8) is 0 Å². The van der Waals surface area contributed by atoms with Gasteiger partial charge >= 0.3 is 179 Å². The summed E-state index contributed by atoms with van der Waals surface area (Å²) in [4.78, 5) is 42.8. The molecule has 4 heterocycles. The summed E-state index contributed by atoms with van der Waals surface area (Å²) in [7, 11) is 5.12. The number of aliphatic carboxylic acids is 1. The molecule has 16 nitrogen and oxygen atoms in total. The number of hydrogen-bond donors (Lipinski definition) is 2. The molecule has 0 unspecified atom stereocenters. The fraction of sp³-hybridized carbons (Fsp3) is 0.353. The molecule has 71 heavy (non-hydrogen) atoms. The average Bonchev–Trinajstić information content (AvgIpc) is 4.09. The van der Waals surface area contributed by atoms with Crippen LogP contribution in [0.5, 0.6) is 23.0 Å². The Morgan fingerprint density at radius 1 is 0.803 bits per heavy atom. The Bertz CT molecular complexity index is 2570. The van der Waals surface area contributed by atoms with E-state index in [0.717, 1.165) is 52.2 Å². The third-order valence-electron chi connectivity index (χ3n) is 11.2. The maximum atomic E-state index is 11.6. The molecule has 368 valence electrons. The van der Waals surface area contributed by atoms with Crippen LogP contribution in [0.4, 0.5) is 0 Å². The molecule has 0 spiro atoms. The van der Waals surface area contributed by atoms with Gasteiger partial charge in [-0.25, -0.2) is 9.97 Å². The van der Waals surface area contributed by atoms with E-state index in [0.29, 0.717) is 19.1 Å². The Balaban J connectivity index is 0. The largest absolute Gasteiger partial charge is 1.00 e. The van der Waals surface area contributed by atoms with Crippen LogP contribution in [0.3, 0.4) is 0 Å². The molecular weight excluding hydrogens is 1180 g/mol. The third-order valence-corrected chi connectivity index (χ3v) is 11.5. The molecule has 0 saturated carbocycles. The standard InChI is InChI=1S/C24H26N2O4.C14H16N2O3.C11H13ClO.CH2O3.CH4.2Cs.Na.H2O.H/c1-24(2)15-30-21-9-4-16(12-20(21)24)14-29-18-7-5-17(6-8-18)19(13-22(27)28)23-25-10-11-26(23)3;1-16-8-7-15-14(16)12(9-13(18)19-2)10-3-5-11(17)6-4-10;1-11(2)7-13-10-4-3-8(6-12)5-9(10)11;2-1-4-3;;;;;;/h4-12,19H,13-15H2,1-3H3,(H,27,28);3-8,12,17H,9H2,1-2H3;3-5H,6-7H2,1-2H3;1,3H;1H4;;;;1H2;/q;;;;;3*+1;;-1/p-2/t19-;12-;;;;;;;;/m00......../s1. The monoisotopic (exact) mass is 1250 g/mol. The van der Waals surface area contributed by atoms with Gasteiger partial charge in [0.1, 0.15) is 41.3 Å². The summed E-state index contributed by atoms with van der Waals surface area (Å²) >= 11 is 5.78.